The second-order valence-corrected chi connectivity index (χ2v) is 8.22. The van der Waals surface area contributed by atoms with Gasteiger partial charge in [0.15, 0.2) is 5.13 Å². The molecule has 28 heavy (non-hydrogen) atoms. The topological polar surface area (TPSA) is 79.7 Å². The van der Waals surface area contributed by atoms with Crippen molar-refractivity contribution in [1.29, 1.82) is 0 Å². The highest BCUT2D eigenvalue weighted by Crippen LogP contribution is 2.33. The maximum atomic E-state index is 13.0. The molecule has 0 radical (unpaired) electrons. The fourth-order valence-electron chi connectivity index (χ4n) is 3.45. The molecule has 1 atom stereocenters. The van der Waals surface area contributed by atoms with Crippen LogP contribution in [0.25, 0.3) is 11.3 Å². The number of carboxylic acids is 1. The minimum atomic E-state index is -0.963. The molecule has 1 amide bonds. The maximum absolute atomic E-state index is 13.0. The Balaban J connectivity index is 1.75. The van der Waals surface area contributed by atoms with Crippen molar-refractivity contribution in [3.05, 3.63) is 34.7 Å². The molecule has 2 aromatic rings. The van der Waals surface area contributed by atoms with E-state index < -0.39 is 11.9 Å². The highest BCUT2D eigenvalue weighted by atomic mass is 35.5. The van der Waals surface area contributed by atoms with Crippen molar-refractivity contribution in [1.82, 2.24) is 4.98 Å². The summed E-state index contributed by atoms with van der Waals surface area (Å²) in [5, 5.41) is 12.3. The van der Waals surface area contributed by atoms with Crippen LogP contribution in [-0.4, -0.2) is 42.2 Å². The Morgan fingerprint density at radius 3 is 2.75 bits per heavy atom. The van der Waals surface area contributed by atoms with Crippen LogP contribution in [0.4, 0.5) is 5.13 Å². The molecule has 1 aromatic carbocycles. The summed E-state index contributed by atoms with van der Waals surface area (Å²) >= 11 is 7.57. The van der Waals surface area contributed by atoms with Gasteiger partial charge in [-0.3, -0.25) is 14.5 Å². The van der Waals surface area contributed by atoms with Gasteiger partial charge in [-0.25, -0.2) is 4.98 Å². The predicted molar refractivity (Wildman–Crippen MR) is 110 cm³/mol. The van der Waals surface area contributed by atoms with Crippen molar-refractivity contribution in [3.63, 3.8) is 0 Å². The van der Waals surface area contributed by atoms with E-state index in [2.05, 4.69) is 4.98 Å². The number of benzene rings is 1. The van der Waals surface area contributed by atoms with Crippen LogP contribution in [0, 0.1) is 11.8 Å². The average Bonchev–Trinajstić information content (AvgIpc) is 3.17. The van der Waals surface area contributed by atoms with Crippen LogP contribution in [0.3, 0.4) is 0 Å². The summed E-state index contributed by atoms with van der Waals surface area (Å²) in [5.41, 5.74) is 1.50. The van der Waals surface area contributed by atoms with Crippen molar-refractivity contribution in [2.75, 3.05) is 25.2 Å². The summed E-state index contributed by atoms with van der Waals surface area (Å²) < 4.78 is 5.36. The molecule has 0 unspecified atom stereocenters. The number of rotatable bonds is 7. The van der Waals surface area contributed by atoms with E-state index in [0.29, 0.717) is 41.4 Å². The fraction of sp³-hybridized carbons (Fsp3) is 0.450. The average molecular weight is 423 g/mol. The third-order valence-electron chi connectivity index (χ3n) is 4.99. The zero-order valence-corrected chi connectivity index (χ0v) is 17.2. The quantitative estimate of drug-likeness (QED) is 0.718. The molecule has 3 rings (SSSR count). The lowest BCUT2D eigenvalue weighted by Gasteiger charge is -2.27. The van der Waals surface area contributed by atoms with E-state index in [1.54, 1.807) is 13.1 Å². The monoisotopic (exact) mass is 422 g/mol. The van der Waals surface area contributed by atoms with Gasteiger partial charge in [0.2, 0.25) is 5.91 Å². The number of amides is 1. The van der Waals surface area contributed by atoms with E-state index in [4.69, 9.17) is 16.3 Å². The molecule has 150 valence electrons. The number of carbonyl (C=O) groups excluding carboxylic acids is 1. The van der Waals surface area contributed by atoms with Gasteiger partial charge in [-0.1, -0.05) is 29.8 Å². The lowest BCUT2D eigenvalue weighted by atomic mass is 9.86. The molecule has 0 aliphatic carbocycles. The molecule has 1 aliphatic rings. The highest BCUT2D eigenvalue weighted by molar-refractivity contribution is 7.14. The van der Waals surface area contributed by atoms with E-state index in [9.17, 15) is 14.7 Å². The molecule has 2 heterocycles. The molecule has 1 aliphatic heterocycles. The first-order valence-electron chi connectivity index (χ1n) is 9.23. The second kappa shape index (κ2) is 9.49. The third-order valence-corrected chi connectivity index (χ3v) is 6.24. The number of carboxylic acid groups (broad SMARTS) is 1. The van der Waals surface area contributed by atoms with Crippen LogP contribution in [0.1, 0.15) is 25.7 Å². The van der Waals surface area contributed by atoms with Gasteiger partial charge in [0.05, 0.1) is 12.1 Å². The van der Waals surface area contributed by atoms with E-state index >= 15 is 0 Å². The number of carbonyl (C=O) groups is 2. The van der Waals surface area contributed by atoms with Crippen LogP contribution in [0.5, 0.6) is 0 Å². The number of anilines is 1. The minimum absolute atomic E-state index is 0.177. The number of hydrogen-bond donors (Lipinski definition) is 1. The SMILES string of the molecule is CN(C(=O)[C@@H](CC(=O)O)CC1CCOCC1)c1nc(-c2ccccc2Cl)cs1. The highest BCUT2D eigenvalue weighted by Gasteiger charge is 2.30. The number of ether oxygens (including phenoxy) is 1. The van der Waals surface area contributed by atoms with Crippen LogP contribution in [0.2, 0.25) is 5.02 Å². The van der Waals surface area contributed by atoms with Gasteiger partial charge >= 0.3 is 5.97 Å². The largest absolute Gasteiger partial charge is 0.481 e. The van der Waals surface area contributed by atoms with E-state index in [0.717, 1.165) is 18.4 Å². The molecule has 0 saturated carbocycles. The molecule has 1 saturated heterocycles. The zero-order valence-electron chi connectivity index (χ0n) is 15.6. The molecule has 0 bridgehead atoms. The molecule has 1 fully saturated rings. The third kappa shape index (κ3) is 5.10. The first-order chi connectivity index (χ1) is 13.5. The summed E-state index contributed by atoms with van der Waals surface area (Å²) in [6.07, 6.45) is 2.10. The van der Waals surface area contributed by atoms with Gasteiger partial charge < -0.3 is 9.84 Å². The van der Waals surface area contributed by atoms with Crippen LogP contribution in [-0.2, 0) is 14.3 Å². The van der Waals surface area contributed by atoms with Crippen LogP contribution in [0.15, 0.2) is 29.6 Å². The van der Waals surface area contributed by atoms with Gasteiger partial charge in [0.25, 0.3) is 0 Å². The molecule has 8 heteroatoms. The molecule has 1 aromatic heterocycles. The summed E-state index contributed by atoms with van der Waals surface area (Å²) in [6, 6.07) is 7.40. The van der Waals surface area contributed by atoms with Crippen molar-refractivity contribution in [2.24, 2.45) is 11.8 Å². The van der Waals surface area contributed by atoms with Gasteiger partial charge in [-0.15, -0.1) is 11.3 Å². The van der Waals surface area contributed by atoms with Crippen molar-refractivity contribution in [3.8, 4) is 11.3 Å². The Bertz CT molecular complexity index is 835. The number of nitrogens with zero attached hydrogens (tertiary/aromatic N) is 2. The van der Waals surface area contributed by atoms with Gasteiger partial charge in [-0.2, -0.15) is 0 Å². The Labute approximate surface area is 173 Å². The van der Waals surface area contributed by atoms with Gasteiger partial charge in [0.1, 0.15) is 0 Å². The predicted octanol–water partition coefficient (Wildman–Crippen LogP) is 4.33. The number of halogens is 1. The minimum Gasteiger partial charge on any atom is -0.481 e. The van der Waals surface area contributed by atoms with Crippen molar-refractivity contribution in [2.45, 2.75) is 25.7 Å². The maximum Gasteiger partial charge on any atom is 0.304 e. The lowest BCUT2D eigenvalue weighted by Crippen LogP contribution is -2.35. The smallest absolute Gasteiger partial charge is 0.304 e. The Kier molecular flexibility index (Phi) is 7.04. The van der Waals surface area contributed by atoms with Crippen molar-refractivity contribution < 1.29 is 19.4 Å². The number of thiazole rings is 1. The normalized spacial score (nSPS) is 15.9. The Morgan fingerprint density at radius 2 is 2.07 bits per heavy atom. The molecular formula is C20H23ClN2O4S. The summed E-state index contributed by atoms with van der Waals surface area (Å²) in [7, 11) is 1.65. The summed E-state index contributed by atoms with van der Waals surface area (Å²) in [5.74, 6) is -1.44. The fourth-order valence-corrected chi connectivity index (χ4v) is 4.47. The lowest BCUT2D eigenvalue weighted by molar-refractivity contribution is -0.141. The summed E-state index contributed by atoms with van der Waals surface area (Å²) in [4.78, 5) is 30.4. The molecular weight excluding hydrogens is 400 g/mol. The van der Waals surface area contributed by atoms with Crippen molar-refractivity contribution >= 4 is 39.9 Å². The van der Waals surface area contributed by atoms with Gasteiger partial charge in [-0.05, 0) is 31.2 Å². The van der Waals surface area contributed by atoms with E-state index in [1.807, 2.05) is 23.6 Å². The number of aliphatic carboxylic acids is 1. The standard InChI is InChI=1S/C20H23ClN2O4S/c1-23(20-22-17(12-28-20)15-4-2-3-5-16(15)21)19(26)14(11-18(24)25)10-13-6-8-27-9-7-13/h2-5,12-14H,6-11H2,1H3,(H,24,25)/t14-/m1/s1. The summed E-state index contributed by atoms with van der Waals surface area (Å²) in [6.45, 7) is 1.34. The van der Waals surface area contributed by atoms with E-state index in [1.165, 1.54) is 16.2 Å². The number of aromatic nitrogens is 1. The molecule has 1 N–H and O–H groups in total. The molecule has 6 nitrogen and oxygen atoms in total. The van der Waals surface area contributed by atoms with Crippen LogP contribution >= 0.6 is 22.9 Å². The van der Waals surface area contributed by atoms with Crippen LogP contribution < -0.4 is 4.90 Å². The second-order valence-electron chi connectivity index (χ2n) is 6.98. The Hall–Kier alpha value is -1.96. The number of hydrogen-bond acceptors (Lipinski definition) is 5. The molecule has 0 spiro atoms. The van der Waals surface area contributed by atoms with E-state index in [-0.39, 0.29) is 12.3 Å². The Morgan fingerprint density at radius 1 is 1.36 bits per heavy atom. The van der Waals surface area contributed by atoms with Gasteiger partial charge in [0, 0.05) is 42.1 Å². The first kappa shape index (κ1) is 20.8. The zero-order chi connectivity index (χ0) is 20.1. The first-order valence-corrected chi connectivity index (χ1v) is 10.5.